The van der Waals surface area contributed by atoms with E-state index in [2.05, 4.69) is 20.8 Å². The normalized spacial score (nSPS) is 53.6. The Morgan fingerprint density at radius 1 is 0.960 bits per heavy atom. The number of aliphatic hydroxyl groups is 1. The van der Waals surface area contributed by atoms with E-state index >= 15 is 0 Å². The van der Waals surface area contributed by atoms with Gasteiger partial charge in [0.2, 0.25) is 0 Å². The highest BCUT2D eigenvalue weighted by Gasteiger charge is 2.60. The minimum Gasteiger partial charge on any atom is -0.393 e. The maximum absolute atomic E-state index is 10.2. The lowest BCUT2D eigenvalue weighted by Crippen LogP contribution is -2.54. The van der Waals surface area contributed by atoms with Crippen molar-refractivity contribution in [2.45, 2.75) is 91.1 Å². The predicted octanol–water partition coefficient (Wildman–Crippen LogP) is 4.99. The Morgan fingerprint density at radius 2 is 1.68 bits per heavy atom. The Morgan fingerprint density at radius 3 is 2.44 bits per heavy atom. The summed E-state index contributed by atoms with van der Waals surface area (Å²) in [4.78, 5) is 0. The van der Waals surface area contributed by atoms with Crippen LogP contribution in [0.15, 0.2) is 0 Å². The third-order valence-corrected chi connectivity index (χ3v) is 10.0. The highest BCUT2D eigenvalue weighted by molar-refractivity contribution is 5.09. The van der Waals surface area contributed by atoms with Crippen LogP contribution in [0.25, 0.3) is 0 Å². The van der Waals surface area contributed by atoms with E-state index in [1.165, 1.54) is 51.4 Å². The van der Waals surface area contributed by atoms with Gasteiger partial charge in [-0.25, -0.2) is 0 Å². The van der Waals surface area contributed by atoms with Gasteiger partial charge in [0, 0.05) is 0 Å². The second-order valence-electron chi connectivity index (χ2n) is 10.9. The highest BCUT2D eigenvalue weighted by atomic mass is 16.3. The predicted molar refractivity (Wildman–Crippen MR) is 104 cm³/mol. The van der Waals surface area contributed by atoms with E-state index in [-0.39, 0.29) is 6.10 Å². The van der Waals surface area contributed by atoms with Crippen LogP contribution in [0.5, 0.6) is 0 Å². The molecular formula is C23H41NO. The first-order valence-electron chi connectivity index (χ1n) is 11.3. The SMILES string of the molecule is C[C@H](CCN)C1CC[C@H]2[C@@H]3CC[C@@H]4C[C@H](O)CC[C@]4(C)[C@H]3CC[C@]12C. The number of hydrogen-bond donors (Lipinski definition) is 2. The van der Waals surface area contributed by atoms with Gasteiger partial charge >= 0.3 is 0 Å². The van der Waals surface area contributed by atoms with Crippen LogP contribution in [-0.4, -0.2) is 17.8 Å². The van der Waals surface area contributed by atoms with E-state index in [9.17, 15) is 5.11 Å². The summed E-state index contributed by atoms with van der Waals surface area (Å²) in [6.45, 7) is 8.58. The lowest BCUT2D eigenvalue weighted by atomic mass is 9.44. The van der Waals surface area contributed by atoms with Crippen LogP contribution >= 0.6 is 0 Å². The topological polar surface area (TPSA) is 46.2 Å². The molecule has 4 aliphatic carbocycles. The van der Waals surface area contributed by atoms with Crippen molar-refractivity contribution in [3.8, 4) is 0 Å². The van der Waals surface area contributed by atoms with Gasteiger partial charge in [-0.3, -0.25) is 0 Å². The third-order valence-electron chi connectivity index (χ3n) is 10.0. The van der Waals surface area contributed by atoms with Crippen molar-refractivity contribution < 1.29 is 5.11 Å². The lowest BCUT2D eigenvalue weighted by molar-refractivity contribution is -0.129. The summed E-state index contributed by atoms with van der Waals surface area (Å²) < 4.78 is 0. The molecule has 3 N–H and O–H groups in total. The van der Waals surface area contributed by atoms with Gasteiger partial charge in [0.1, 0.15) is 0 Å². The van der Waals surface area contributed by atoms with E-state index in [4.69, 9.17) is 5.73 Å². The van der Waals surface area contributed by atoms with Gasteiger partial charge in [-0.2, -0.15) is 0 Å². The van der Waals surface area contributed by atoms with Crippen molar-refractivity contribution in [3.63, 3.8) is 0 Å². The first-order chi connectivity index (χ1) is 11.9. The van der Waals surface area contributed by atoms with Crippen LogP contribution < -0.4 is 5.73 Å². The van der Waals surface area contributed by atoms with Crippen molar-refractivity contribution in [1.29, 1.82) is 0 Å². The largest absolute Gasteiger partial charge is 0.393 e. The maximum atomic E-state index is 10.2. The number of fused-ring (bicyclic) bond motifs is 5. The zero-order valence-electron chi connectivity index (χ0n) is 16.8. The molecule has 0 aromatic heterocycles. The maximum Gasteiger partial charge on any atom is 0.0543 e. The Bertz CT molecular complexity index is 492. The number of nitrogens with two attached hydrogens (primary N) is 1. The highest BCUT2D eigenvalue weighted by Crippen LogP contribution is 2.68. The molecule has 0 aliphatic heterocycles. The molecule has 0 bridgehead atoms. The summed E-state index contributed by atoms with van der Waals surface area (Å²) in [5, 5.41) is 10.2. The van der Waals surface area contributed by atoms with Gasteiger partial charge in [0.25, 0.3) is 0 Å². The number of aliphatic hydroxyl groups excluding tert-OH is 1. The summed E-state index contributed by atoms with van der Waals surface area (Å²) in [6, 6.07) is 0. The number of hydrogen-bond acceptors (Lipinski definition) is 2. The molecular weight excluding hydrogens is 306 g/mol. The van der Waals surface area contributed by atoms with Gasteiger partial charge in [-0.15, -0.1) is 0 Å². The molecule has 0 heterocycles. The lowest BCUT2D eigenvalue weighted by Gasteiger charge is -2.61. The first-order valence-corrected chi connectivity index (χ1v) is 11.3. The summed E-state index contributed by atoms with van der Waals surface area (Å²) in [5.41, 5.74) is 6.99. The standard InChI is InChI=1S/C23H41NO/c1-15(10-13-24)19-6-7-20-18-5-4-16-14-17(25)8-11-22(16,2)21(18)9-12-23(19,20)3/h15-21,25H,4-14,24H2,1-3H3/t15-,16-,17-,18+,19?,20+,21+,22+,23-/m1/s1. The molecule has 0 spiro atoms. The molecule has 1 unspecified atom stereocenters. The van der Waals surface area contributed by atoms with Crippen LogP contribution in [0.1, 0.15) is 85.0 Å². The average Bonchev–Trinajstić information content (AvgIpc) is 2.93. The summed E-state index contributed by atoms with van der Waals surface area (Å²) in [6.07, 6.45) is 13.2. The fraction of sp³-hybridized carbons (Fsp3) is 1.00. The van der Waals surface area contributed by atoms with Crippen molar-refractivity contribution in [2.24, 2.45) is 52.1 Å². The molecule has 144 valence electrons. The Balaban J connectivity index is 1.56. The Hall–Kier alpha value is -0.0800. The van der Waals surface area contributed by atoms with Crippen LogP contribution in [0, 0.1) is 46.3 Å². The van der Waals surface area contributed by atoms with Crippen molar-refractivity contribution in [3.05, 3.63) is 0 Å². The summed E-state index contributed by atoms with van der Waals surface area (Å²) in [7, 11) is 0. The molecule has 0 amide bonds. The van der Waals surface area contributed by atoms with Crippen LogP contribution in [-0.2, 0) is 0 Å². The molecule has 4 saturated carbocycles. The molecule has 0 aromatic rings. The summed E-state index contributed by atoms with van der Waals surface area (Å²) >= 11 is 0. The molecule has 2 nitrogen and oxygen atoms in total. The Labute approximate surface area is 155 Å². The molecule has 0 radical (unpaired) electrons. The van der Waals surface area contributed by atoms with Gasteiger partial charge in [-0.05, 0) is 117 Å². The minimum absolute atomic E-state index is 0.0172. The van der Waals surface area contributed by atoms with E-state index < -0.39 is 0 Å². The summed E-state index contributed by atoms with van der Waals surface area (Å²) in [5.74, 6) is 5.34. The van der Waals surface area contributed by atoms with E-state index in [0.717, 1.165) is 54.9 Å². The monoisotopic (exact) mass is 347 g/mol. The van der Waals surface area contributed by atoms with Gasteiger partial charge in [0.05, 0.1) is 6.10 Å². The molecule has 0 aromatic carbocycles. The van der Waals surface area contributed by atoms with Gasteiger partial charge in [0.15, 0.2) is 0 Å². The Kier molecular flexibility index (Phi) is 4.77. The van der Waals surface area contributed by atoms with E-state index in [1.54, 1.807) is 0 Å². The zero-order valence-corrected chi connectivity index (χ0v) is 16.8. The quantitative estimate of drug-likeness (QED) is 0.755. The van der Waals surface area contributed by atoms with E-state index in [1.807, 2.05) is 0 Å². The second-order valence-corrected chi connectivity index (χ2v) is 10.9. The first kappa shape index (κ1) is 18.3. The van der Waals surface area contributed by atoms with Crippen molar-refractivity contribution in [1.82, 2.24) is 0 Å². The third kappa shape index (κ3) is 2.73. The fourth-order valence-electron chi connectivity index (χ4n) is 8.67. The molecule has 25 heavy (non-hydrogen) atoms. The minimum atomic E-state index is -0.0172. The van der Waals surface area contributed by atoms with Gasteiger partial charge in [-0.1, -0.05) is 20.8 Å². The second kappa shape index (κ2) is 6.51. The van der Waals surface area contributed by atoms with Crippen molar-refractivity contribution in [2.75, 3.05) is 6.54 Å². The fourth-order valence-corrected chi connectivity index (χ4v) is 8.67. The molecule has 4 rings (SSSR count). The molecule has 9 atom stereocenters. The smallest absolute Gasteiger partial charge is 0.0543 e. The van der Waals surface area contributed by atoms with Gasteiger partial charge < -0.3 is 10.8 Å². The number of rotatable bonds is 3. The molecule has 2 heteroatoms. The van der Waals surface area contributed by atoms with Crippen molar-refractivity contribution >= 4 is 0 Å². The van der Waals surface area contributed by atoms with Crippen LogP contribution in [0.2, 0.25) is 0 Å². The average molecular weight is 348 g/mol. The van der Waals surface area contributed by atoms with E-state index in [0.29, 0.717) is 10.8 Å². The molecule has 4 aliphatic rings. The van der Waals surface area contributed by atoms with Crippen LogP contribution in [0.4, 0.5) is 0 Å². The zero-order chi connectivity index (χ0) is 17.8. The molecule has 0 saturated heterocycles. The molecule has 4 fully saturated rings. The van der Waals surface area contributed by atoms with Crippen LogP contribution in [0.3, 0.4) is 0 Å².